The molecule has 2 amide bonds. The van der Waals surface area contributed by atoms with Crippen LogP contribution in [-0.4, -0.2) is 43.1 Å². The minimum absolute atomic E-state index is 0.0235. The molecule has 180 valence electrons. The lowest BCUT2D eigenvalue weighted by molar-refractivity contribution is -0.142. The molecule has 2 aromatic carbocycles. The van der Waals surface area contributed by atoms with Gasteiger partial charge in [0.25, 0.3) is 11.8 Å². The van der Waals surface area contributed by atoms with Crippen LogP contribution in [0.4, 0.5) is 4.39 Å². The molecule has 8 heteroatoms. The number of ether oxygens (including phenoxy) is 3. The van der Waals surface area contributed by atoms with Crippen LogP contribution >= 0.6 is 0 Å². The second-order valence-electron chi connectivity index (χ2n) is 8.32. The topological polar surface area (TPSA) is 88.9 Å². The number of methoxy groups -OCH3 is 1. The molecule has 0 radical (unpaired) electrons. The third kappa shape index (κ3) is 5.10. The summed E-state index contributed by atoms with van der Waals surface area (Å²) in [5.74, 6) is -0.624. The Hall–Kier alpha value is -3.96. The highest BCUT2D eigenvalue weighted by molar-refractivity contribution is 6.19. The lowest BCUT2D eigenvalue weighted by Gasteiger charge is -2.29. The number of halogens is 1. The van der Waals surface area contributed by atoms with Gasteiger partial charge >= 0.3 is 0 Å². The van der Waals surface area contributed by atoms with Gasteiger partial charge in [-0.2, -0.15) is 5.26 Å². The van der Waals surface area contributed by atoms with Crippen LogP contribution in [0.2, 0.25) is 0 Å². The molecular formula is C27H25FN2O5. The number of carbonyl (C=O) groups is 2. The van der Waals surface area contributed by atoms with E-state index in [1.807, 2.05) is 6.07 Å². The summed E-state index contributed by atoms with van der Waals surface area (Å²) in [7, 11) is 1.48. The maximum absolute atomic E-state index is 13.9. The number of rotatable bonds is 7. The first kappa shape index (κ1) is 24.2. The van der Waals surface area contributed by atoms with E-state index in [-0.39, 0.29) is 36.2 Å². The standard InChI is InChI=1S/C27H25FN2O5/c1-17-21(26(31)30(27(32)22(17)14-29)15-20-7-5-11-34-20)12-18-9-10-24(25(13-18)33-2)35-16-19-6-3-4-8-23(19)28/h3-4,6,8-10,12-13,20H,5,7,11,15-16H2,1-2H3/b21-12+. The van der Waals surface area contributed by atoms with Gasteiger partial charge in [-0.25, -0.2) is 4.39 Å². The Balaban J connectivity index is 1.61. The molecule has 0 aromatic heterocycles. The van der Waals surface area contributed by atoms with Gasteiger partial charge in [-0.15, -0.1) is 0 Å². The molecule has 2 aliphatic rings. The van der Waals surface area contributed by atoms with Gasteiger partial charge in [-0.1, -0.05) is 24.3 Å². The van der Waals surface area contributed by atoms with E-state index in [9.17, 15) is 19.2 Å². The highest BCUT2D eigenvalue weighted by Gasteiger charge is 2.37. The van der Waals surface area contributed by atoms with Gasteiger partial charge in [0.2, 0.25) is 0 Å². The van der Waals surface area contributed by atoms with Gasteiger partial charge in [0.05, 0.1) is 19.8 Å². The Labute approximate surface area is 203 Å². The Bertz CT molecular complexity index is 1250. The van der Waals surface area contributed by atoms with Crippen LogP contribution in [0.25, 0.3) is 6.08 Å². The lowest BCUT2D eigenvalue weighted by Crippen LogP contribution is -2.46. The average molecular weight is 477 g/mol. The summed E-state index contributed by atoms with van der Waals surface area (Å²) in [6, 6.07) is 13.4. The molecule has 2 heterocycles. The van der Waals surface area contributed by atoms with Crippen molar-refractivity contribution < 1.29 is 28.2 Å². The van der Waals surface area contributed by atoms with Gasteiger partial charge in [0, 0.05) is 17.7 Å². The molecule has 0 spiro atoms. The van der Waals surface area contributed by atoms with Crippen molar-refractivity contribution in [2.24, 2.45) is 0 Å². The van der Waals surface area contributed by atoms with Crippen molar-refractivity contribution in [2.45, 2.75) is 32.5 Å². The summed E-state index contributed by atoms with van der Waals surface area (Å²) in [6.07, 6.45) is 3.02. The number of benzene rings is 2. The molecule has 0 saturated carbocycles. The fourth-order valence-electron chi connectivity index (χ4n) is 4.12. The number of nitriles is 1. The zero-order valence-electron chi connectivity index (χ0n) is 19.5. The fourth-order valence-corrected chi connectivity index (χ4v) is 4.12. The SMILES string of the molecule is COc1cc(/C=C2/C(=O)N(CC3CCCO3)C(=O)C(C#N)=C2C)ccc1OCc1ccccc1F. The Kier molecular flexibility index (Phi) is 7.28. The smallest absolute Gasteiger partial charge is 0.271 e. The highest BCUT2D eigenvalue weighted by atomic mass is 19.1. The predicted molar refractivity (Wildman–Crippen MR) is 126 cm³/mol. The number of hydrogen-bond donors (Lipinski definition) is 0. The highest BCUT2D eigenvalue weighted by Crippen LogP contribution is 2.32. The lowest BCUT2D eigenvalue weighted by atomic mass is 9.93. The second-order valence-corrected chi connectivity index (χ2v) is 8.32. The molecule has 1 fully saturated rings. The number of nitrogens with zero attached hydrogens (tertiary/aromatic N) is 2. The van der Waals surface area contributed by atoms with Crippen molar-refractivity contribution in [3.8, 4) is 17.6 Å². The van der Waals surface area contributed by atoms with Gasteiger partial charge in [-0.3, -0.25) is 14.5 Å². The molecule has 35 heavy (non-hydrogen) atoms. The molecule has 1 atom stereocenters. The molecule has 1 saturated heterocycles. The van der Waals surface area contributed by atoms with Crippen LogP contribution in [0.3, 0.4) is 0 Å². The molecule has 7 nitrogen and oxygen atoms in total. The fraction of sp³-hybridized carbons (Fsp3) is 0.296. The van der Waals surface area contributed by atoms with Crippen molar-refractivity contribution in [3.63, 3.8) is 0 Å². The van der Waals surface area contributed by atoms with Gasteiger partial charge < -0.3 is 14.2 Å². The summed E-state index contributed by atoms with van der Waals surface area (Å²) >= 11 is 0. The first-order valence-corrected chi connectivity index (χ1v) is 11.3. The van der Waals surface area contributed by atoms with E-state index in [1.165, 1.54) is 13.2 Å². The molecule has 2 aromatic rings. The van der Waals surface area contributed by atoms with Crippen LogP contribution in [0.1, 0.15) is 30.9 Å². The number of carbonyl (C=O) groups excluding carboxylic acids is 2. The van der Waals surface area contributed by atoms with E-state index >= 15 is 0 Å². The summed E-state index contributed by atoms with van der Waals surface area (Å²) in [5, 5.41) is 9.58. The van der Waals surface area contributed by atoms with Crippen molar-refractivity contribution in [1.82, 2.24) is 4.90 Å². The molecule has 0 aliphatic carbocycles. The first-order valence-electron chi connectivity index (χ1n) is 11.3. The zero-order chi connectivity index (χ0) is 24.9. The monoisotopic (exact) mass is 476 g/mol. The van der Waals surface area contributed by atoms with Crippen LogP contribution in [-0.2, 0) is 20.9 Å². The molecule has 1 unspecified atom stereocenters. The minimum atomic E-state index is -0.600. The maximum atomic E-state index is 13.9. The van der Waals surface area contributed by atoms with E-state index in [0.717, 1.165) is 17.7 Å². The van der Waals surface area contributed by atoms with Crippen LogP contribution in [0.15, 0.2) is 59.2 Å². The number of amides is 2. The van der Waals surface area contributed by atoms with Crippen LogP contribution in [0, 0.1) is 17.1 Å². The van der Waals surface area contributed by atoms with E-state index < -0.39 is 11.8 Å². The van der Waals surface area contributed by atoms with E-state index in [2.05, 4.69) is 0 Å². The second kappa shape index (κ2) is 10.5. The third-order valence-corrected chi connectivity index (χ3v) is 6.08. The molecule has 0 N–H and O–H groups in total. The Morgan fingerprint density at radius 3 is 2.69 bits per heavy atom. The predicted octanol–water partition coefficient (Wildman–Crippen LogP) is 4.18. The van der Waals surface area contributed by atoms with Crippen molar-refractivity contribution >= 4 is 17.9 Å². The van der Waals surface area contributed by atoms with Crippen molar-refractivity contribution in [3.05, 3.63) is 76.1 Å². The van der Waals surface area contributed by atoms with Crippen LogP contribution < -0.4 is 9.47 Å². The summed E-state index contributed by atoms with van der Waals surface area (Å²) in [5.41, 5.74) is 1.54. The summed E-state index contributed by atoms with van der Waals surface area (Å²) < 4.78 is 30.7. The van der Waals surface area contributed by atoms with E-state index in [4.69, 9.17) is 14.2 Å². The molecule has 0 bridgehead atoms. The minimum Gasteiger partial charge on any atom is -0.493 e. The molecule has 4 rings (SSSR count). The van der Waals surface area contributed by atoms with E-state index in [1.54, 1.807) is 49.4 Å². The zero-order valence-corrected chi connectivity index (χ0v) is 19.5. The van der Waals surface area contributed by atoms with E-state index in [0.29, 0.717) is 34.8 Å². The number of imide groups is 1. The normalized spacial score (nSPS) is 19.3. The first-order chi connectivity index (χ1) is 16.9. The molecule has 2 aliphatic heterocycles. The summed E-state index contributed by atoms with van der Waals surface area (Å²) in [6.45, 7) is 2.32. The quantitative estimate of drug-likeness (QED) is 0.440. The van der Waals surface area contributed by atoms with Crippen LogP contribution in [0.5, 0.6) is 11.5 Å². The van der Waals surface area contributed by atoms with Crippen molar-refractivity contribution in [1.29, 1.82) is 5.26 Å². The van der Waals surface area contributed by atoms with Crippen molar-refractivity contribution in [2.75, 3.05) is 20.3 Å². The third-order valence-electron chi connectivity index (χ3n) is 6.08. The Morgan fingerprint density at radius 1 is 1.20 bits per heavy atom. The van der Waals surface area contributed by atoms with Gasteiger partial charge in [0.1, 0.15) is 24.1 Å². The average Bonchev–Trinajstić information content (AvgIpc) is 3.38. The van der Waals surface area contributed by atoms with Gasteiger partial charge in [0.15, 0.2) is 11.5 Å². The Morgan fingerprint density at radius 2 is 2.00 bits per heavy atom. The largest absolute Gasteiger partial charge is 0.493 e. The molecular weight excluding hydrogens is 451 g/mol. The maximum Gasteiger partial charge on any atom is 0.271 e. The summed E-state index contributed by atoms with van der Waals surface area (Å²) in [4.78, 5) is 27.2. The van der Waals surface area contributed by atoms with Gasteiger partial charge in [-0.05, 0) is 55.2 Å². The number of hydrogen-bond acceptors (Lipinski definition) is 6.